The van der Waals surface area contributed by atoms with Crippen LogP contribution < -0.4 is 19.7 Å². The number of nitrogens with zero attached hydrogens (tertiary/aromatic N) is 2. The van der Waals surface area contributed by atoms with Gasteiger partial charge in [0.05, 0.1) is 22.2 Å². The average molecular weight is 452 g/mol. The number of carbonyl (C=O) groups is 2. The molecule has 1 aliphatic heterocycles. The fourth-order valence-corrected chi connectivity index (χ4v) is 4.44. The molecule has 162 valence electrons. The summed E-state index contributed by atoms with van der Waals surface area (Å²) >= 11 is 1.18. The highest BCUT2D eigenvalue weighted by Gasteiger charge is 2.20. The third-order valence-corrected chi connectivity index (χ3v) is 5.92. The van der Waals surface area contributed by atoms with E-state index in [0.717, 1.165) is 11.0 Å². The van der Waals surface area contributed by atoms with Crippen LogP contribution in [0.2, 0.25) is 0 Å². The van der Waals surface area contributed by atoms with Gasteiger partial charge in [-0.25, -0.2) is 0 Å². The molecule has 0 radical (unpaired) electrons. The zero-order valence-electron chi connectivity index (χ0n) is 16.8. The molecule has 0 unspecified atom stereocenters. The van der Waals surface area contributed by atoms with Crippen molar-refractivity contribution >= 4 is 44.4 Å². The molecule has 0 spiro atoms. The Bertz CT molecular complexity index is 1510. The standard InChI is InChI=1S/C22H16N2O7S/c1-2-28-19(25)9-24-14-7-16-17(31-11-30-16)8-18(14)32-22(24)23-21(27)13-10-29-15-6-4-3-5-12(15)20(13)26/h3-8,10H,2,9,11H2,1H3. The number of esters is 1. The van der Waals surface area contributed by atoms with Crippen molar-refractivity contribution in [2.75, 3.05) is 13.4 Å². The van der Waals surface area contributed by atoms with E-state index in [4.69, 9.17) is 18.6 Å². The molecule has 1 amide bonds. The van der Waals surface area contributed by atoms with E-state index in [1.807, 2.05) is 0 Å². The van der Waals surface area contributed by atoms with Crippen LogP contribution in [-0.2, 0) is 16.1 Å². The second-order valence-electron chi connectivity index (χ2n) is 6.84. The van der Waals surface area contributed by atoms with Gasteiger partial charge in [0.2, 0.25) is 12.2 Å². The monoisotopic (exact) mass is 452 g/mol. The Labute approximate surface area is 184 Å². The predicted octanol–water partition coefficient (Wildman–Crippen LogP) is 2.84. The van der Waals surface area contributed by atoms with Crippen LogP contribution in [-0.4, -0.2) is 29.8 Å². The van der Waals surface area contributed by atoms with E-state index >= 15 is 0 Å². The number of ether oxygens (including phenoxy) is 3. The molecular weight excluding hydrogens is 436 g/mol. The van der Waals surface area contributed by atoms with Crippen LogP contribution in [0, 0.1) is 0 Å². The molecule has 0 atom stereocenters. The normalized spacial score (nSPS) is 13.1. The van der Waals surface area contributed by atoms with Crippen molar-refractivity contribution in [3.63, 3.8) is 0 Å². The summed E-state index contributed by atoms with van der Waals surface area (Å²) in [5.74, 6) is -0.159. The van der Waals surface area contributed by atoms with Gasteiger partial charge >= 0.3 is 5.97 Å². The number of thiazole rings is 1. The topological polar surface area (TPSA) is 109 Å². The Hall–Kier alpha value is -3.92. The Morgan fingerprint density at radius 1 is 1.19 bits per heavy atom. The van der Waals surface area contributed by atoms with E-state index < -0.39 is 17.3 Å². The molecule has 10 heteroatoms. The summed E-state index contributed by atoms with van der Waals surface area (Å²) in [5.41, 5.74) is 0.338. The summed E-state index contributed by atoms with van der Waals surface area (Å²) in [7, 11) is 0. The number of hydrogen-bond acceptors (Lipinski definition) is 8. The first-order valence-corrected chi connectivity index (χ1v) is 10.5. The second-order valence-corrected chi connectivity index (χ2v) is 7.85. The van der Waals surface area contributed by atoms with Crippen LogP contribution in [0.1, 0.15) is 17.3 Å². The average Bonchev–Trinajstić information content (AvgIpc) is 3.36. The fraction of sp³-hybridized carbons (Fsp3) is 0.182. The smallest absolute Gasteiger partial charge is 0.326 e. The van der Waals surface area contributed by atoms with Crippen molar-refractivity contribution in [1.82, 2.24) is 4.57 Å². The second kappa shape index (κ2) is 7.97. The van der Waals surface area contributed by atoms with Gasteiger partial charge in [0.15, 0.2) is 16.3 Å². The number of aromatic nitrogens is 1. The molecule has 2 aromatic heterocycles. The van der Waals surface area contributed by atoms with Gasteiger partial charge in [0.1, 0.15) is 24.0 Å². The highest BCUT2D eigenvalue weighted by Crippen LogP contribution is 2.37. The maximum absolute atomic E-state index is 12.9. The van der Waals surface area contributed by atoms with Gasteiger partial charge in [-0.3, -0.25) is 14.4 Å². The summed E-state index contributed by atoms with van der Waals surface area (Å²) < 4.78 is 23.6. The van der Waals surface area contributed by atoms with Gasteiger partial charge in [-0.05, 0) is 19.1 Å². The number of amides is 1. The molecule has 1 aliphatic rings. The Kier molecular flexibility index (Phi) is 4.98. The van der Waals surface area contributed by atoms with Gasteiger partial charge in [0, 0.05) is 12.1 Å². The summed E-state index contributed by atoms with van der Waals surface area (Å²) in [4.78, 5) is 42.3. The van der Waals surface area contributed by atoms with Crippen LogP contribution in [0.4, 0.5) is 0 Å². The van der Waals surface area contributed by atoms with Crippen LogP contribution in [0.3, 0.4) is 0 Å². The molecule has 0 aliphatic carbocycles. The first kappa shape index (κ1) is 20.0. The fourth-order valence-electron chi connectivity index (χ4n) is 3.41. The summed E-state index contributed by atoms with van der Waals surface area (Å²) in [6.07, 6.45) is 1.11. The van der Waals surface area contributed by atoms with Crippen molar-refractivity contribution in [1.29, 1.82) is 0 Å². The number of fused-ring (bicyclic) bond motifs is 3. The van der Waals surface area contributed by atoms with E-state index in [1.165, 1.54) is 11.3 Å². The van der Waals surface area contributed by atoms with Crippen molar-refractivity contribution < 1.29 is 28.2 Å². The minimum Gasteiger partial charge on any atom is -0.465 e. The highest BCUT2D eigenvalue weighted by molar-refractivity contribution is 7.16. The SMILES string of the molecule is CCOC(=O)Cn1c(=NC(=O)c2coc3ccccc3c2=O)sc2cc3c(cc21)OCO3. The summed E-state index contributed by atoms with van der Waals surface area (Å²) in [6.45, 7) is 1.88. The lowest BCUT2D eigenvalue weighted by Gasteiger charge is -2.05. The summed E-state index contributed by atoms with van der Waals surface area (Å²) in [5, 5.41) is 0.287. The lowest BCUT2D eigenvalue weighted by Crippen LogP contribution is -2.24. The molecule has 3 heterocycles. The van der Waals surface area contributed by atoms with Crippen molar-refractivity contribution in [2.24, 2.45) is 4.99 Å². The van der Waals surface area contributed by atoms with Crippen LogP contribution in [0.25, 0.3) is 21.2 Å². The maximum atomic E-state index is 12.9. The van der Waals surface area contributed by atoms with E-state index in [2.05, 4.69) is 4.99 Å². The Balaban J connectivity index is 1.65. The van der Waals surface area contributed by atoms with E-state index in [0.29, 0.717) is 22.6 Å². The lowest BCUT2D eigenvalue weighted by atomic mass is 10.2. The number of rotatable bonds is 4. The van der Waals surface area contributed by atoms with Crippen LogP contribution in [0.5, 0.6) is 11.5 Å². The first-order chi connectivity index (χ1) is 15.5. The van der Waals surface area contributed by atoms with E-state index in [9.17, 15) is 14.4 Å². The zero-order valence-corrected chi connectivity index (χ0v) is 17.6. The third kappa shape index (κ3) is 3.44. The largest absolute Gasteiger partial charge is 0.465 e. The van der Waals surface area contributed by atoms with E-state index in [1.54, 1.807) is 47.9 Å². The van der Waals surface area contributed by atoms with Crippen molar-refractivity contribution in [2.45, 2.75) is 13.5 Å². The number of carbonyl (C=O) groups excluding carboxylic acids is 2. The first-order valence-electron chi connectivity index (χ1n) is 9.73. The predicted molar refractivity (Wildman–Crippen MR) is 115 cm³/mol. The molecule has 0 bridgehead atoms. The lowest BCUT2D eigenvalue weighted by molar-refractivity contribution is -0.143. The van der Waals surface area contributed by atoms with Crippen LogP contribution in [0.15, 0.2) is 56.9 Å². The molecule has 0 fully saturated rings. The third-order valence-electron chi connectivity index (χ3n) is 4.88. The van der Waals surface area contributed by atoms with Gasteiger partial charge in [0.25, 0.3) is 5.91 Å². The number of hydrogen-bond donors (Lipinski definition) is 0. The van der Waals surface area contributed by atoms with Gasteiger partial charge in [-0.2, -0.15) is 4.99 Å². The van der Waals surface area contributed by atoms with Gasteiger partial charge in [-0.1, -0.05) is 23.5 Å². The molecule has 32 heavy (non-hydrogen) atoms. The van der Waals surface area contributed by atoms with Crippen LogP contribution >= 0.6 is 11.3 Å². The van der Waals surface area contributed by atoms with Gasteiger partial charge < -0.3 is 23.2 Å². The van der Waals surface area contributed by atoms with Gasteiger partial charge in [-0.15, -0.1) is 0 Å². The Morgan fingerprint density at radius 2 is 1.97 bits per heavy atom. The van der Waals surface area contributed by atoms with Crippen molar-refractivity contribution in [3.8, 4) is 11.5 Å². The molecule has 5 rings (SSSR count). The quantitative estimate of drug-likeness (QED) is 0.438. The molecule has 4 aromatic rings. The minimum absolute atomic E-state index is 0.109. The molecular formula is C22H16N2O7S. The molecule has 0 saturated carbocycles. The molecule has 9 nitrogen and oxygen atoms in total. The van der Waals surface area contributed by atoms with E-state index in [-0.39, 0.29) is 35.7 Å². The number of para-hydroxylation sites is 1. The minimum atomic E-state index is -0.770. The summed E-state index contributed by atoms with van der Waals surface area (Å²) in [6, 6.07) is 10.1. The van der Waals surface area contributed by atoms with Crippen molar-refractivity contribution in [3.05, 3.63) is 63.2 Å². The highest BCUT2D eigenvalue weighted by atomic mass is 32.1. The number of benzene rings is 2. The maximum Gasteiger partial charge on any atom is 0.326 e. The molecule has 0 N–H and O–H groups in total. The molecule has 2 aromatic carbocycles. The Morgan fingerprint density at radius 3 is 2.78 bits per heavy atom. The zero-order chi connectivity index (χ0) is 22.2. The molecule has 0 saturated heterocycles.